The van der Waals surface area contributed by atoms with E-state index in [9.17, 15) is 4.79 Å². The van der Waals surface area contributed by atoms with E-state index in [1.807, 2.05) is 7.05 Å². The van der Waals surface area contributed by atoms with Crippen LogP contribution in [0, 0.1) is 17.8 Å². The Hall–Kier alpha value is -1.32. The SMILES string of the molecule is C[C@@H](NC(=O)c1ccn(C)n1)[C@@H]1C[C@H]2CC[C@H]1C2. The van der Waals surface area contributed by atoms with Gasteiger partial charge in [0.1, 0.15) is 5.69 Å². The zero-order chi connectivity index (χ0) is 12.7. The molecule has 1 heterocycles. The largest absolute Gasteiger partial charge is 0.348 e. The fourth-order valence-corrected chi connectivity index (χ4v) is 3.83. The zero-order valence-electron chi connectivity index (χ0n) is 11.1. The number of amides is 1. The van der Waals surface area contributed by atoms with Gasteiger partial charge in [0, 0.05) is 19.3 Å². The molecule has 3 rings (SSSR count). The molecular formula is C14H21N3O. The fraction of sp³-hybridized carbons (Fsp3) is 0.714. The molecule has 0 saturated heterocycles. The lowest BCUT2D eigenvalue weighted by molar-refractivity contribution is 0.0909. The first kappa shape index (κ1) is 11.8. The molecule has 1 aromatic heterocycles. The third-order valence-corrected chi connectivity index (χ3v) is 4.74. The molecule has 98 valence electrons. The number of carbonyl (C=O) groups is 1. The van der Waals surface area contributed by atoms with Crippen LogP contribution in [0.1, 0.15) is 43.1 Å². The maximum Gasteiger partial charge on any atom is 0.271 e. The van der Waals surface area contributed by atoms with E-state index in [-0.39, 0.29) is 11.9 Å². The second-order valence-electron chi connectivity index (χ2n) is 5.98. The van der Waals surface area contributed by atoms with Crippen molar-refractivity contribution in [2.75, 3.05) is 0 Å². The van der Waals surface area contributed by atoms with Crippen LogP contribution in [0.2, 0.25) is 0 Å². The third kappa shape index (κ3) is 2.04. The van der Waals surface area contributed by atoms with Gasteiger partial charge >= 0.3 is 0 Å². The molecule has 2 bridgehead atoms. The van der Waals surface area contributed by atoms with Gasteiger partial charge in [-0.3, -0.25) is 9.48 Å². The summed E-state index contributed by atoms with van der Waals surface area (Å²) in [5.74, 6) is 2.41. The van der Waals surface area contributed by atoms with Gasteiger partial charge in [-0.25, -0.2) is 0 Å². The van der Waals surface area contributed by atoms with E-state index in [0.29, 0.717) is 11.6 Å². The molecule has 0 unspecified atom stereocenters. The number of hydrogen-bond acceptors (Lipinski definition) is 2. The summed E-state index contributed by atoms with van der Waals surface area (Å²) in [5, 5.41) is 7.26. The van der Waals surface area contributed by atoms with Crippen LogP contribution in [0.5, 0.6) is 0 Å². The van der Waals surface area contributed by atoms with Gasteiger partial charge in [0.05, 0.1) is 0 Å². The van der Waals surface area contributed by atoms with Gasteiger partial charge in [0.15, 0.2) is 0 Å². The van der Waals surface area contributed by atoms with E-state index in [1.165, 1.54) is 25.7 Å². The summed E-state index contributed by atoms with van der Waals surface area (Å²) in [6.07, 6.45) is 7.25. The van der Waals surface area contributed by atoms with Crippen molar-refractivity contribution < 1.29 is 4.79 Å². The average molecular weight is 247 g/mol. The molecule has 4 heteroatoms. The van der Waals surface area contributed by atoms with Crippen molar-refractivity contribution >= 4 is 5.91 Å². The minimum absolute atomic E-state index is 0.0362. The normalized spacial score (nSPS) is 31.6. The molecule has 2 aliphatic rings. The van der Waals surface area contributed by atoms with E-state index >= 15 is 0 Å². The van der Waals surface area contributed by atoms with Crippen molar-refractivity contribution in [2.24, 2.45) is 24.8 Å². The molecular weight excluding hydrogens is 226 g/mol. The highest BCUT2D eigenvalue weighted by Crippen LogP contribution is 2.49. The summed E-state index contributed by atoms with van der Waals surface area (Å²) in [5.41, 5.74) is 0.521. The van der Waals surface area contributed by atoms with Gasteiger partial charge in [-0.05, 0) is 50.0 Å². The van der Waals surface area contributed by atoms with Crippen LogP contribution in [-0.2, 0) is 7.05 Å². The Morgan fingerprint density at radius 2 is 2.33 bits per heavy atom. The lowest BCUT2D eigenvalue weighted by Crippen LogP contribution is -2.40. The number of nitrogens with one attached hydrogen (secondary N) is 1. The van der Waals surface area contributed by atoms with Crippen LogP contribution >= 0.6 is 0 Å². The first-order valence-electron chi connectivity index (χ1n) is 6.94. The van der Waals surface area contributed by atoms with Crippen LogP contribution in [0.3, 0.4) is 0 Å². The lowest BCUT2D eigenvalue weighted by Gasteiger charge is -2.28. The molecule has 2 aliphatic carbocycles. The van der Waals surface area contributed by atoms with Gasteiger partial charge in [0.2, 0.25) is 0 Å². The van der Waals surface area contributed by atoms with Gasteiger partial charge in [-0.15, -0.1) is 0 Å². The van der Waals surface area contributed by atoms with Crippen LogP contribution in [0.4, 0.5) is 0 Å². The van der Waals surface area contributed by atoms with Crippen LogP contribution in [0.15, 0.2) is 12.3 Å². The second kappa shape index (κ2) is 4.41. The van der Waals surface area contributed by atoms with Crippen molar-refractivity contribution in [1.82, 2.24) is 15.1 Å². The lowest BCUT2D eigenvalue weighted by atomic mass is 9.84. The molecule has 2 fully saturated rings. The fourth-order valence-electron chi connectivity index (χ4n) is 3.83. The Balaban J connectivity index is 1.61. The first-order valence-corrected chi connectivity index (χ1v) is 6.94. The molecule has 4 nitrogen and oxygen atoms in total. The number of fused-ring (bicyclic) bond motifs is 2. The van der Waals surface area contributed by atoms with Crippen molar-refractivity contribution in [2.45, 2.75) is 38.6 Å². The highest BCUT2D eigenvalue weighted by molar-refractivity contribution is 5.92. The minimum atomic E-state index is -0.0362. The van der Waals surface area contributed by atoms with Crippen molar-refractivity contribution in [3.8, 4) is 0 Å². The standard InChI is InChI=1S/C14H21N3O/c1-9(12-8-10-3-4-11(12)7-10)15-14(18)13-5-6-17(2)16-13/h5-6,9-12H,3-4,7-8H2,1-2H3,(H,15,18)/t9-,10+,11+,12+/m1/s1. The minimum Gasteiger partial charge on any atom is -0.348 e. The van der Waals surface area contributed by atoms with Crippen molar-refractivity contribution in [3.05, 3.63) is 18.0 Å². The Kier molecular flexibility index (Phi) is 2.88. The summed E-state index contributed by atoms with van der Waals surface area (Å²) in [4.78, 5) is 12.0. The maximum absolute atomic E-state index is 12.0. The molecule has 0 aliphatic heterocycles. The van der Waals surface area contributed by atoms with E-state index < -0.39 is 0 Å². The summed E-state index contributed by atoms with van der Waals surface area (Å²) < 4.78 is 1.66. The number of carbonyl (C=O) groups excluding carboxylic acids is 1. The highest BCUT2D eigenvalue weighted by atomic mass is 16.2. The monoisotopic (exact) mass is 247 g/mol. The van der Waals surface area contributed by atoms with Gasteiger partial charge in [-0.2, -0.15) is 5.10 Å². The van der Waals surface area contributed by atoms with E-state index in [4.69, 9.17) is 0 Å². The average Bonchev–Trinajstić information content (AvgIpc) is 3.03. The smallest absolute Gasteiger partial charge is 0.271 e. The maximum atomic E-state index is 12.0. The number of aryl methyl sites for hydroxylation is 1. The number of hydrogen-bond donors (Lipinski definition) is 1. The molecule has 0 aromatic carbocycles. The first-order chi connectivity index (χ1) is 8.63. The third-order valence-electron chi connectivity index (χ3n) is 4.74. The Labute approximate surface area is 108 Å². The van der Waals surface area contributed by atoms with E-state index in [0.717, 1.165) is 11.8 Å². The van der Waals surface area contributed by atoms with Gasteiger partial charge < -0.3 is 5.32 Å². The molecule has 0 radical (unpaired) electrons. The molecule has 1 amide bonds. The number of aromatic nitrogens is 2. The number of rotatable bonds is 3. The molecule has 1 aromatic rings. The summed E-state index contributed by atoms with van der Waals surface area (Å²) in [6.45, 7) is 2.15. The number of nitrogens with zero attached hydrogens (tertiary/aromatic N) is 2. The predicted octanol–water partition coefficient (Wildman–Crippen LogP) is 1.97. The quantitative estimate of drug-likeness (QED) is 0.887. The Morgan fingerprint density at radius 3 is 2.89 bits per heavy atom. The predicted molar refractivity (Wildman–Crippen MR) is 69.1 cm³/mol. The van der Waals surface area contributed by atoms with E-state index in [2.05, 4.69) is 17.3 Å². The van der Waals surface area contributed by atoms with Crippen LogP contribution in [-0.4, -0.2) is 21.7 Å². The molecule has 2 saturated carbocycles. The van der Waals surface area contributed by atoms with Gasteiger partial charge in [0.25, 0.3) is 5.91 Å². The van der Waals surface area contributed by atoms with Gasteiger partial charge in [-0.1, -0.05) is 6.42 Å². The van der Waals surface area contributed by atoms with E-state index in [1.54, 1.807) is 16.9 Å². The molecule has 18 heavy (non-hydrogen) atoms. The van der Waals surface area contributed by atoms with Crippen molar-refractivity contribution in [3.63, 3.8) is 0 Å². The summed E-state index contributed by atoms with van der Waals surface area (Å²) in [7, 11) is 1.83. The van der Waals surface area contributed by atoms with Crippen molar-refractivity contribution in [1.29, 1.82) is 0 Å². The Bertz CT molecular complexity index is 454. The Morgan fingerprint density at radius 1 is 1.50 bits per heavy atom. The molecule has 4 atom stereocenters. The molecule has 1 N–H and O–H groups in total. The topological polar surface area (TPSA) is 46.9 Å². The van der Waals surface area contributed by atoms with Crippen LogP contribution in [0.25, 0.3) is 0 Å². The summed E-state index contributed by atoms with van der Waals surface area (Å²) in [6, 6.07) is 2.04. The summed E-state index contributed by atoms with van der Waals surface area (Å²) >= 11 is 0. The molecule has 0 spiro atoms. The zero-order valence-corrected chi connectivity index (χ0v) is 11.1. The second-order valence-corrected chi connectivity index (χ2v) is 5.98. The highest BCUT2D eigenvalue weighted by Gasteiger charge is 2.42. The van der Waals surface area contributed by atoms with Crippen LogP contribution < -0.4 is 5.32 Å².